The first-order chi connectivity index (χ1) is 9.17. The normalized spacial score (nSPS) is 13.3. The van der Waals surface area contributed by atoms with Gasteiger partial charge in [0.25, 0.3) is 0 Å². The summed E-state index contributed by atoms with van der Waals surface area (Å²) >= 11 is 0. The van der Waals surface area contributed by atoms with Crippen molar-refractivity contribution in [1.29, 1.82) is 0 Å². The van der Waals surface area contributed by atoms with Crippen LogP contribution < -0.4 is 5.32 Å². The van der Waals surface area contributed by atoms with Crippen molar-refractivity contribution < 1.29 is 4.42 Å². The molecule has 0 saturated heterocycles. The van der Waals surface area contributed by atoms with Gasteiger partial charge in [0, 0.05) is 5.39 Å². The Morgan fingerprint density at radius 3 is 2.53 bits per heavy atom. The van der Waals surface area contributed by atoms with Gasteiger partial charge in [0.05, 0.1) is 6.04 Å². The molecule has 0 amide bonds. The van der Waals surface area contributed by atoms with Gasteiger partial charge in [0.1, 0.15) is 11.3 Å². The maximum atomic E-state index is 6.00. The highest BCUT2D eigenvalue weighted by atomic mass is 16.3. The number of nitrogens with one attached hydrogen (secondary N) is 1. The van der Waals surface area contributed by atoms with Crippen molar-refractivity contribution in [2.45, 2.75) is 46.1 Å². The van der Waals surface area contributed by atoms with Crippen molar-refractivity contribution in [3.05, 3.63) is 35.6 Å². The lowest BCUT2D eigenvalue weighted by molar-refractivity contribution is 0.348. The van der Waals surface area contributed by atoms with Gasteiger partial charge in [-0.15, -0.1) is 0 Å². The topological polar surface area (TPSA) is 25.2 Å². The molecule has 1 unspecified atom stereocenters. The van der Waals surface area contributed by atoms with Gasteiger partial charge >= 0.3 is 0 Å². The van der Waals surface area contributed by atoms with Gasteiger partial charge in [-0.1, -0.05) is 38.3 Å². The van der Waals surface area contributed by atoms with Crippen molar-refractivity contribution in [2.24, 2.45) is 5.92 Å². The van der Waals surface area contributed by atoms with Gasteiger partial charge in [-0.05, 0) is 44.5 Å². The summed E-state index contributed by atoms with van der Waals surface area (Å²) < 4.78 is 6.00. The van der Waals surface area contributed by atoms with Crippen LogP contribution in [-0.4, -0.2) is 7.05 Å². The van der Waals surface area contributed by atoms with E-state index in [0.29, 0.717) is 6.04 Å². The van der Waals surface area contributed by atoms with E-state index >= 15 is 0 Å². The number of furan rings is 1. The number of aryl methyl sites for hydroxylation is 1. The number of fused-ring (bicyclic) bond motifs is 1. The molecule has 104 valence electrons. The Morgan fingerprint density at radius 2 is 1.89 bits per heavy atom. The maximum Gasteiger partial charge on any atom is 0.134 e. The maximum absolute atomic E-state index is 6.00. The van der Waals surface area contributed by atoms with E-state index in [0.717, 1.165) is 23.7 Å². The smallest absolute Gasteiger partial charge is 0.134 e. The number of hydrogen-bond donors (Lipinski definition) is 1. The van der Waals surface area contributed by atoms with Crippen LogP contribution in [0.1, 0.15) is 50.5 Å². The first-order valence-electron chi connectivity index (χ1n) is 7.35. The fourth-order valence-corrected chi connectivity index (χ4v) is 2.69. The number of rotatable bonds is 6. The Balaban J connectivity index is 2.25. The summed E-state index contributed by atoms with van der Waals surface area (Å²) in [4.78, 5) is 0. The Hall–Kier alpha value is -1.28. The largest absolute Gasteiger partial charge is 0.459 e. The van der Waals surface area contributed by atoms with Crippen molar-refractivity contribution in [2.75, 3.05) is 7.05 Å². The second kappa shape index (κ2) is 6.25. The van der Waals surface area contributed by atoms with E-state index in [9.17, 15) is 0 Å². The average molecular weight is 259 g/mol. The van der Waals surface area contributed by atoms with Gasteiger partial charge in [0.2, 0.25) is 0 Å². The molecule has 1 aromatic carbocycles. The first kappa shape index (κ1) is 14.1. The summed E-state index contributed by atoms with van der Waals surface area (Å²) in [5.41, 5.74) is 2.27. The van der Waals surface area contributed by atoms with Crippen molar-refractivity contribution in [1.82, 2.24) is 5.32 Å². The van der Waals surface area contributed by atoms with Crippen LogP contribution in [0.3, 0.4) is 0 Å². The number of benzene rings is 1. The molecule has 0 spiro atoms. The highest BCUT2D eigenvalue weighted by Crippen LogP contribution is 2.29. The molecule has 1 heterocycles. The molecule has 0 bridgehead atoms. The fourth-order valence-electron chi connectivity index (χ4n) is 2.69. The molecular formula is C17H25NO. The molecule has 0 aliphatic carbocycles. The summed E-state index contributed by atoms with van der Waals surface area (Å²) in [7, 11) is 2.02. The molecule has 2 nitrogen and oxygen atoms in total. The molecule has 1 N–H and O–H groups in total. The van der Waals surface area contributed by atoms with Gasteiger partial charge in [-0.3, -0.25) is 0 Å². The van der Waals surface area contributed by atoms with Gasteiger partial charge < -0.3 is 9.73 Å². The first-order valence-corrected chi connectivity index (χ1v) is 7.35. The zero-order valence-electron chi connectivity index (χ0n) is 12.5. The standard InChI is InChI=1S/C17H25NO/c1-5-13(6-2)10-15(18-4)17-11-14-9-12(3)7-8-16(14)19-17/h7-9,11,13,15,18H,5-6,10H2,1-4H3. The third-order valence-corrected chi connectivity index (χ3v) is 4.11. The fraction of sp³-hybridized carbons (Fsp3) is 0.529. The summed E-state index contributed by atoms with van der Waals surface area (Å²) in [6.07, 6.45) is 3.60. The molecule has 1 atom stereocenters. The lowest BCUT2D eigenvalue weighted by Gasteiger charge is -2.19. The minimum absolute atomic E-state index is 0.317. The Morgan fingerprint density at radius 1 is 1.16 bits per heavy atom. The van der Waals surface area contributed by atoms with Crippen LogP contribution >= 0.6 is 0 Å². The van der Waals surface area contributed by atoms with Crippen molar-refractivity contribution in [3.8, 4) is 0 Å². The molecule has 0 aliphatic heterocycles. The zero-order valence-corrected chi connectivity index (χ0v) is 12.5. The molecule has 2 rings (SSSR count). The zero-order chi connectivity index (χ0) is 13.8. The van der Waals surface area contributed by atoms with E-state index in [2.05, 4.69) is 50.4 Å². The predicted octanol–water partition coefficient (Wildman–Crippen LogP) is 4.83. The second-order valence-corrected chi connectivity index (χ2v) is 5.45. The molecule has 0 saturated carbocycles. The quantitative estimate of drug-likeness (QED) is 0.804. The molecule has 0 fully saturated rings. The summed E-state index contributed by atoms with van der Waals surface area (Å²) in [5.74, 6) is 1.82. The van der Waals surface area contributed by atoms with Gasteiger partial charge in [-0.25, -0.2) is 0 Å². The number of hydrogen-bond acceptors (Lipinski definition) is 2. The van der Waals surface area contributed by atoms with Crippen LogP contribution in [0.5, 0.6) is 0 Å². The van der Waals surface area contributed by atoms with Crippen LogP contribution in [0.4, 0.5) is 0 Å². The highest BCUT2D eigenvalue weighted by Gasteiger charge is 2.18. The highest BCUT2D eigenvalue weighted by molar-refractivity contribution is 5.78. The average Bonchev–Trinajstić information content (AvgIpc) is 2.83. The Labute approximate surface area is 116 Å². The lowest BCUT2D eigenvalue weighted by Crippen LogP contribution is -2.19. The second-order valence-electron chi connectivity index (χ2n) is 5.45. The van der Waals surface area contributed by atoms with Crippen LogP contribution in [0, 0.1) is 12.8 Å². The van der Waals surface area contributed by atoms with Gasteiger partial charge in [0.15, 0.2) is 0 Å². The van der Waals surface area contributed by atoms with E-state index < -0.39 is 0 Å². The Kier molecular flexibility index (Phi) is 4.65. The Bertz CT molecular complexity index is 525. The van der Waals surface area contributed by atoms with E-state index in [4.69, 9.17) is 4.42 Å². The minimum atomic E-state index is 0.317. The van der Waals surface area contributed by atoms with Crippen molar-refractivity contribution in [3.63, 3.8) is 0 Å². The van der Waals surface area contributed by atoms with Gasteiger partial charge in [-0.2, -0.15) is 0 Å². The third-order valence-electron chi connectivity index (χ3n) is 4.11. The van der Waals surface area contributed by atoms with Crippen LogP contribution in [0.25, 0.3) is 11.0 Å². The molecule has 2 heteroatoms. The minimum Gasteiger partial charge on any atom is -0.459 e. The van der Waals surface area contributed by atoms with Crippen LogP contribution in [-0.2, 0) is 0 Å². The van der Waals surface area contributed by atoms with E-state index in [1.165, 1.54) is 23.8 Å². The molecular weight excluding hydrogens is 234 g/mol. The van der Waals surface area contributed by atoms with Crippen LogP contribution in [0.2, 0.25) is 0 Å². The molecule has 0 radical (unpaired) electrons. The summed E-state index contributed by atoms with van der Waals surface area (Å²) in [6.45, 7) is 6.65. The SMILES string of the molecule is CCC(CC)CC(NC)c1cc2cc(C)ccc2o1. The molecule has 1 aromatic heterocycles. The lowest BCUT2D eigenvalue weighted by atomic mass is 9.93. The third kappa shape index (κ3) is 3.19. The van der Waals surface area contributed by atoms with E-state index in [1.807, 2.05) is 7.05 Å². The van der Waals surface area contributed by atoms with Crippen molar-refractivity contribution >= 4 is 11.0 Å². The van der Waals surface area contributed by atoms with E-state index in [-0.39, 0.29) is 0 Å². The molecule has 19 heavy (non-hydrogen) atoms. The van der Waals surface area contributed by atoms with Crippen LogP contribution in [0.15, 0.2) is 28.7 Å². The van der Waals surface area contributed by atoms with E-state index in [1.54, 1.807) is 0 Å². The summed E-state index contributed by atoms with van der Waals surface area (Å²) in [6, 6.07) is 8.86. The molecule has 2 aromatic rings. The summed E-state index contributed by atoms with van der Waals surface area (Å²) in [5, 5.41) is 4.61. The monoisotopic (exact) mass is 259 g/mol. The predicted molar refractivity (Wildman–Crippen MR) is 81.4 cm³/mol. The molecule has 0 aliphatic rings.